The van der Waals surface area contributed by atoms with E-state index in [9.17, 15) is 4.79 Å². The van der Waals surface area contributed by atoms with Crippen molar-refractivity contribution in [2.24, 2.45) is 0 Å². The van der Waals surface area contributed by atoms with Crippen molar-refractivity contribution in [2.75, 3.05) is 44.2 Å². The molecule has 5 aromatic rings. The summed E-state index contributed by atoms with van der Waals surface area (Å²) >= 11 is 0. The van der Waals surface area contributed by atoms with E-state index >= 15 is 0 Å². The average molecular weight is 581 g/mol. The molecule has 5 nitrogen and oxygen atoms in total. The van der Waals surface area contributed by atoms with Crippen molar-refractivity contribution in [1.29, 1.82) is 0 Å². The van der Waals surface area contributed by atoms with Crippen molar-refractivity contribution in [2.45, 2.75) is 31.1 Å². The lowest BCUT2D eigenvalue weighted by Crippen LogP contribution is -2.47. The van der Waals surface area contributed by atoms with Gasteiger partial charge in [0.2, 0.25) is 5.91 Å². The maximum atomic E-state index is 14.3. The lowest BCUT2D eigenvalue weighted by Gasteiger charge is -2.36. The van der Waals surface area contributed by atoms with Gasteiger partial charge in [-0.25, -0.2) is 4.98 Å². The van der Waals surface area contributed by atoms with Crippen molar-refractivity contribution >= 4 is 22.6 Å². The standard InChI is InChI=1S/C39H40N4O/c44-38(40-24-22-30-12-2-1-3-13-30)39(34-17-7-5-15-32(34)33-16-6-8-18-35(33)39)23-10-11-25-42-26-28-43(29-27-42)37-21-20-31-14-4-9-19-36(31)41-37/h1-9,12-21H,10-11,22-29H2,(H,40,44). The summed E-state index contributed by atoms with van der Waals surface area (Å²) in [6, 6.07) is 40.1. The van der Waals surface area contributed by atoms with Gasteiger partial charge in [-0.3, -0.25) is 9.69 Å². The molecule has 1 saturated heterocycles. The van der Waals surface area contributed by atoms with Crippen LogP contribution in [-0.4, -0.2) is 55.1 Å². The number of nitrogens with one attached hydrogen (secondary N) is 1. The molecule has 0 radical (unpaired) electrons. The monoisotopic (exact) mass is 580 g/mol. The van der Waals surface area contributed by atoms with E-state index in [4.69, 9.17) is 4.98 Å². The summed E-state index contributed by atoms with van der Waals surface area (Å²) in [6.45, 7) is 5.72. The Hall–Kier alpha value is -4.48. The van der Waals surface area contributed by atoms with Crippen LogP contribution in [0, 0.1) is 0 Å². The molecule has 0 unspecified atom stereocenters. The third kappa shape index (κ3) is 5.48. The second-order valence-electron chi connectivity index (χ2n) is 12.1. The number of pyridine rings is 1. The van der Waals surface area contributed by atoms with Gasteiger partial charge in [0.05, 0.1) is 5.52 Å². The third-order valence-electron chi connectivity index (χ3n) is 9.55. The molecular weight excluding hydrogens is 540 g/mol. The van der Waals surface area contributed by atoms with E-state index in [1.54, 1.807) is 0 Å². The number of piperazine rings is 1. The minimum atomic E-state index is -0.662. The highest BCUT2D eigenvalue weighted by molar-refractivity contribution is 6.00. The highest BCUT2D eigenvalue weighted by atomic mass is 16.2. The van der Waals surface area contributed by atoms with Gasteiger partial charge in [-0.05, 0) is 71.8 Å². The number of amides is 1. The van der Waals surface area contributed by atoms with E-state index in [-0.39, 0.29) is 5.91 Å². The van der Waals surface area contributed by atoms with Crippen LogP contribution in [-0.2, 0) is 16.6 Å². The van der Waals surface area contributed by atoms with Gasteiger partial charge in [0.15, 0.2) is 0 Å². The van der Waals surface area contributed by atoms with Gasteiger partial charge < -0.3 is 10.2 Å². The molecule has 44 heavy (non-hydrogen) atoms. The summed E-state index contributed by atoms with van der Waals surface area (Å²) in [5.41, 5.74) is 6.32. The maximum Gasteiger partial charge on any atom is 0.235 e. The Balaban J connectivity index is 1.01. The van der Waals surface area contributed by atoms with Gasteiger partial charge in [-0.15, -0.1) is 0 Å². The van der Waals surface area contributed by atoms with Crippen LogP contribution in [0.2, 0.25) is 0 Å². The largest absolute Gasteiger partial charge is 0.355 e. The van der Waals surface area contributed by atoms with Crippen LogP contribution in [0.5, 0.6) is 0 Å². The number of rotatable bonds is 10. The lowest BCUT2D eigenvalue weighted by atomic mass is 9.73. The van der Waals surface area contributed by atoms with Crippen LogP contribution in [0.25, 0.3) is 22.0 Å². The van der Waals surface area contributed by atoms with Crippen LogP contribution in [0.3, 0.4) is 0 Å². The molecule has 1 aromatic heterocycles. The quantitative estimate of drug-likeness (QED) is 0.184. The number of anilines is 1. The number of fused-ring (bicyclic) bond motifs is 4. The van der Waals surface area contributed by atoms with Gasteiger partial charge in [-0.2, -0.15) is 0 Å². The fraction of sp³-hybridized carbons (Fsp3) is 0.282. The number of para-hydroxylation sites is 1. The molecule has 1 aliphatic heterocycles. The molecule has 1 N–H and O–H groups in total. The normalized spacial score (nSPS) is 15.6. The van der Waals surface area contributed by atoms with E-state index in [1.807, 2.05) is 6.07 Å². The minimum absolute atomic E-state index is 0.127. The molecule has 0 atom stereocenters. The Morgan fingerprint density at radius 3 is 2.11 bits per heavy atom. The zero-order valence-corrected chi connectivity index (χ0v) is 25.3. The Morgan fingerprint density at radius 1 is 0.705 bits per heavy atom. The lowest BCUT2D eigenvalue weighted by molar-refractivity contribution is -0.125. The van der Waals surface area contributed by atoms with Gasteiger partial charge >= 0.3 is 0 Å². The van der Waals surface area contributed by atoms with Crippen molar-refractivity contribution in [1.82, 2.24) is 15.2 Å². The Bertz CT molecular complexity index is 1700. The summed E-state index contributed by atoms with van der Waals surface area (Å²) in [7, 11) is 0. The van der Waals surface area contributed by atoms with E-state index in [0.717, 1.165) is 80.9 Å². The van der Waals surface area contributed by atoms with Crippen molar-refractivity contribution in [3.8, 4) is 11.1 Å². The number of carbonyl (C=O) groups excluding carboxylic acids is 1. The molecule has 0 saturated carbocycles. The topological polar surface area (TPSA) is 48.5 Å². The number of benzene rings is 4. The van der Waals surface area contributed by atoms with Gasteiger partial charge in [0.25, 0.3) is 0 Å². The van der Waals surface area contributed by atoms with E-state index in [2.05, 4.69) is 124 Å². The molecule has 7 rings (SSSR count). The Kier molecular flexibility index (Phi) is 8.12. The number of nitrogens with zero attached hydrogens (tertiary/aromatic N) is 3. The van der Waals surface area contributed by atoms with Crippen LogP contribution >= 0.6 is 0 Å². The first-order valence-corrected chi connectivity index (χ1v) is 16.1. The summed E-state index contributed by atoms with van der Waals surface area (Å²) in [5.74, 6) is 1.20. The van der Waals surface area contributed by atoms with Crippen LogP contribution < -0.4 is 10.2 Å². The van der Waals surface area contributed by atoms with Crippen molar-refractivity contribution in [3.63, 3.8) is 0 Å². The van der Waals surface area contributed by atoms with Crippen molar-refractivity contribution in [3.05, 3.63) is 132 Å². The first-order chi connectivity index (χ1) is 21.7. The van der Waals surface area contributed by atoms with Crippen LogP contribution in [0.15, 0.2) is 115 Å². The molecule has 0 bridgehead atoms. The van der Waals surface area contributed by atoms with E-state index in [0.29, 0.717) is 6.54 Å². The molecule has 1 fully saturated rings. The number of unbranched alkanes of at least 4 members (excludes halogenated alkanes) is 1. The average Bonchev–Trinajstić information content (AvgIpc) is 3.38. The smallest absolute Gasteiger partial charge is 0.235 e. The Labute approximate surface area is 260 Å². The zero-order chi connectivity index (χ0) is 29.8. The maximum absolute atomic E-state index is 14.3. The molecular formula is C39H40N4O. The summed E-state index contributed by atoms with van der Waals surface area (Å²) in [4.78, 5) is 24.2. The van der Waals surface area contributed by atoms with Gasteiger partial charge in [-0.1, -0.05) is 103 Å². The number of aromatic nitrogens is 1. The number of hydrogen-bond donors (Lipinski definition) is 1. The van der Waals surface area contributed by atoms with Gasteiger partial charge in [0.1, 0.15) is 11.2 Å². The molecule has 1 amide bonds. The van der Waals surface area contributed by atoms with E-state index in [1.165, 1.54) is 22.1 Å². The molecule has 1 aliphatic carbocycles. The highest BCUT2D eigenvalue weighted by Gasteiger charge is 2.48. The predicted octanol–water partition coefficient (Wildman–Crippen LogP) is 6.85. The minimum Gasteiger partial charge on any atom is -0.355 e. The molecule has 2 aliphatic rings. The first kappa shape index (κ1) is 28.3. The first-order valence-electron chi connectivity index (χ1n) is 16.1. The molecule has 0 spiro atoms. The second kappa shape index (κ2) is 12.6. The third-order valence-corrected chi connectivity index (χ3v) is 9.55. The predicted molar refractivity (Wildman–Crippen MR) is 180 cm³/mol. The molecule has 2 heterocycles. The number of hydrogen-bond acceptors (Lipinski definition) is 4. The van der Waals surface area contributed by atoms with Crippen molar-refractivity contribution < 1.29 is 4.79 Å². The van der Waals surface area contributed by atoms with Gasteiger partial charge in [0, 0.05) is 38.1 Å². The van der Waals surface area contributed by atoms with E-state index < -0.39 is 5.41 Å². The highest BCUT2D eigenvalue weighted by Crippen LogP contribution is 2.51. The Morgan fingerprint density at radius 2 is 1.36 bits per heavy atom. The number of carbonyl (C=O) groups is 1. The molecule has 222 valence electrons. The zero-order valence-electron chi connectivity index (χ0n) is 25.3. The van der Waals surface area contributed by atoms with Crippen LogP contribution in [0.1, 0.15) is 36.0 Å². The molecule has 5 heteroatoms. The SMILES string of the molecule is O=C(NCCc1ccccc1)C1(CCCCN2CCN(c3ccc4ccccc4n3)CC2)c2ccccc2-c2ccccc21. The molecule has 4 aromatic carbocycles. The summed E-state index contributed by atoms with van der Waals surface area (Å²) in [6.07, 6.45) is 3.69. The fourth-order valence-corrected chi connectivity index (χ4v) is 7.23. The van der Waals surface area contributed by atoms with Crippen LogP contribution in [0.4, 0.5) is 5.82 Å². The summed E-state index contributed by atoms with van der Waals surface area (Å²) in [5, 5.41) is 4.54. The second-order valence-corrected chi connectivity index (χ2v) is 12.1. The summed E-state index contributed by atoms with van der Waals surface area (Å²) < 4.78 is 0. The fourth-order valence-electron chi connectivity index (χ4n) is 7.23.